The molecule has 0 saturated heterocycles. The lowest BCUT2D eigenvalue weighted by atomic mass is 10.1. The number of sulfonamides is 1. The smallest absolute Gasteiger partial charge is 0.244 e. The van der Waals surface area contributed by atoms with Crippen LogP contribution in [-0.4, -0.2) is 50.5 Å². The SMILES string of the molecule is CCNC(=O)C(C)N(Cc1ccccc1Cl)C(=O)CN(c1ccc(C)c(C)c1)S(C)(=O)=O. The van der Waals surface area contributed by atoms with Gasteiger partial charge in [-0.05, 0) is 62.6 Å². The average molecular weight is 480 g/mol. The van der Waals surface area contributed by atoms with Gasteiger partial charge in [0, 0.05) is 18.1 Å². The molecule has 2 amide bonds. The minimum absolute atomic E-state index is 0.0708. The first-order chi connectivity index (χ1) is 15.0. The van der Waals surface area contributed by atoms with E-state index in [0.29, 0.717) is 22.8 Å². The molecule has 0 saturated carbocycles. The molecule has 0 heterocycles. The van der Waals surface area contributed by atoms with Crippen molar-refractivity contribution in [1.29, 1.82) is 0 Å². The summed E-state index contributed by atoms with van der Waals surface area (Å²) in [4.78, 5) is 27.3. The number of nitrogens with zero attached hydrogens (tertiary/aromatic N) is 2. The second-order valence-corrected chi connectivity index (χ2v) is 10.0. The van der Waals surface area contributed by atoms with Gasteiger partial charge in [-0.3, -0.25) is 13.9 Å². The van der Waals surface area contributed by atoms with E-state index >= 15 is 0 Å². The van der Waals surface area contributed by atoms with Gasteiger partial charge in [0.15, 0.2) is 0 Å². The highest BCUT2D eigenvalue weighted by Crippen LogP contribution is 2.23. The Balaban J connectivity index is 2.42. The third kappa shape index (κ3) is 6.46. The molecule has 0 bridgehead atoms. The monoisotopic (exact) mass is 479 g/mol. The lowest BCUT2D eigenvalue weighted by Crippen LogP contribution is -2.51. The molecule has 0 aliphatic carbocycles. The molecule has 0 aliphatic rings. The molecule has 9 heteroatoms. The number of carbonyl (C=O) groups excluding carboxylic acids is 2. The zero-order valence-electron chi connectivity index (χ0n) is 19.1. The van der Waals surface area contributed by atoms with Gasteiger partial charge in [0.05, 0.1) is 11.9 Å². The Morgan fingerprint density at radius 2 is 1.75 bits per heavy atom. The van der Waals surface area contributed by atoms with Crippen molar-refractivity contribution in [3.8, 4) is 0 Å². The number of likely N-dealkylation sites (N-methyl/N-ethyl adjacent to an activating group) is 1. The number of amides is 2. The van der Waals surface area contributed by atoms with Gasteiger partial charge in [-0.1, -0.05) is 35.9 Å². The van der Waals surface area contributed by atoms with Crippen molar-refractivity contribution in [3.63, 3.8) is 0 Å². The van der Waals surface area contributed by atoms with E-state index in [4.69, 9.17) is 11.6 Å². The zero-order chi connectivity index (χ0) is 24.1. The van der Waals surface area contributed by atoms with E-state index in [1.165, 1.54) is 4.90 Å². The predicted octanol–water partition coefficient (Wildman–Crippen LogP) is 3.28. The van der Waals surface area contributed by atoms with E-state index in [0.717, 1.165) is 21.7 Å². The van der Waals surface area contributed by atoms with Crippen molar-refractivity contribution >= 4 is 39.1 Å². The number of halogens is 1. The van der Waals surface area contributed by atoms with Crippen LogP contribution in [0.3, 0.4) is 0 Å². The summed E-state index contributed by atoms with van der Waals surface area (Å²) < 4.78 is 26.2. The summed E-state index contributed by atoms with van der Waals surface area (Å²) in [5.41, 5.74) is 2.98. The Labute approximate surface area is 195 Å². The number of hydrogen-bond acceptors (Lipinski definition) is 4. The minimum Gasteiger partial charge on any atom is -0.355 e. The average Bonchev–Trinajstić information content (AvgIpc) is 2.72. The molecular weight excluding hydrogens is 450 g/mol. The summed E-state index contributed by atoms with van der Waals surface area (Å²) in [6, 6.07) is 11.4. The van der Waals surface area contributed by atoms with E-state index in [1.54, 1.807) is 50.2 Å². The predicted molar refractivity (Wildman–Crippen MR) is 128 cm³/mol. The highest BCUT2D eigenvalue weighted by Gasteiger charge is 2.30. The third-order valence-corrected chi connectivity index (χ3v) is 6.78. The Bertz CT molecular complexity index is 1090. The van der Waals surface area contributed by atoms with E-state index < -0.39 is 28.5 Å². The first-order valence-electron chi connectivity index (χ1n) is 10.3. The Kier molecular flexibility index (Phi) is 8.69. The molecule has 0 aromatic heterocycles. The number of nitrogens with one attached hydrogen (secondary N) is 1. The summed E-state index contributed by atoms with van der Waals surface area (Å²) in [6.07, 6.45) is 1.06. The highest BCUT2D eigenvalue weighted by molar-refractivity contribution is 7.92. The molecule has 7 nitrogen and oxygen atoms in total. The van der Waals surface area contributed by atoms with Gasteiger partial charge in [0.1, 0.15) is 12.6 Å². The number of rotatable bonds is 9. The van der Waals surface area contributed by atoms with Crippen molar-refractivity contribution in [2.24, 2.45) is 0 Å². The van der Waals surface area contributed by atoms with E-state index in [2.05, 4.69) is 5.32 Å². The summed E-state index contributed by atoms with van der Waals surface area (Å²) in [7, 11) is -3.75. The summed E-state index contributed by atoms with van der Waals surface area (Å²) in [5.74, 6) is -0.836. The van der Waals surface area contributed by atoms with Crippen LogP contribution in [0.5, 0.6) is 0 Å². The third-order valence-electron chi connectivity index (χ3n) is 5.27. The number of anilines is 1. The number of aryl methyl sites for hydroxylation is 2. The highest BCUT2D eigenvalue weighted by atomic mass is 35.5. The van der Waals surface area contributed by atoms with Gasteiger partial charge in [-0.2, -0.15) is 0 Å². The fraction of sp³-hybridized carbons (Fsp3) is 0.391. The molecule has 0 aliphatic heterocycles. The van der Waals surface area contributed by atoms with Crippen LogP contribution < -0.4 is 9.62 Å². The van der Waals surface area contributed by atoms with Crippen molar-refractivity contribution in [3.05, 3.63) is 64.2 Å². The lowest BCUT2D eigenvalue weighted by Gasteiger charge is -2.31. The van der Waals surface area contributed by atoms with Crippen molar-refractivity contribution in [2.75, 3.05) is 23.7 Å². The molecule has 1 atom stereocenters. The van der Waals surface area contributed by atoms with Crippen LogP contribution in [0.4, 0.5) is 5.69 Å². The Hall–Kier alpha value is -2.58. The van der Waals surface area contributed by atoms with Crippen molar-refractivity contribution in [2.45, 2.75) is 40.3 Å². The summed E-state index contributed by atoms with van der Waals surface area (Å²) >= 11 is 6.28. The quantitative estimate of drug-likeness (QED) is 0.598. The van der Waals surface area contributed by atoms with Gasteiger partial charge in [0.2, 0.25) is 21.8 Å². The maximum absolute atomic E-state index is 13.4. The largest absolute Gasteiger partial charge is 0.355 e. The van der Waals surface area contributed by atoms with Gasteiger partial charge in [-0.15, -0.1) is 0 Å². The molecule has 0 spiro atoms. The number of hydrogen-bond donors (Lipinski definition) is 1. The lowest BCUT2D eigenvalue weighted by molar-refractivity contribution is -0.139. The molecular formula is C23H30ClN3O4S. The first kappa shape index (κ1) is 25.7. The van der Waals surface area contributed by atoms with Gasteiger partial charge in [0.25, 0.3) is 0 Å². The number of benzene rings is 2. The molecule has 1 unspecified atom stereocenters. The van der Waals surface area contributed by atoms with E-state index in [9.17, 15) is 18.0 Å². The molecule has 2 rings (SSSR count). The van der Waals surface area contributed by atoms with Crippen LogP contribution in [0, 0.1) is 13.8 Å². The number of carbonyl (C=O) groups is 2. The second kappa shape index (κ2) is 10.8. The molecule has 2 aromatic carbocycles. The van der Waals surface area contributed by atoms with Crippen LogP contribution in [0.15, 0.2) is 42.5 Å². The van der Waals surface area contributed by atoms with Crippen LogP contribution in [0.25, 0.3) is 0 Å². The second-order valence-electron chi connectivity index (χ2n) is 7.72. The van der Waals surface area contributed by atoms with Crippen LogP contribution >= 0.6 is 11.6 Å². The Morgan fingerprint density at radius 3 is 2.31 bits per heavy atom. The Morgan fingerprint density at radius 1 is 1.09 bits per heavy atom. The molecule has 0 fully saturated rings. The maximum Gasteiger partial charge on any atom is 0.244 e. The molecule has 174 valence electrons. The fourth-order valence-corrected chi connectivity index (χ4v) is 4.25. The normalized spacial score (nSPS) is 12.2. The molecule has 32 heavy (non-hydrogen) atoms. The summed E-state index contributed by atoms with van der Waals surface area (Å²) in [5, 5.41) is 3.17. The van der Waals surface area contributed by atoms with Crippen LogP contribution in [0.1, 0.15) is 30.5 Å². The van der Waals surface area contributed by atoms with E-state index in [-0.39, 0.29) is 12.5 Å². The fourth-order valence-electron chi connectivity index (χ4n) is 3.21. The molecule has 2 aromatic rings. The maximum atomic E-state index is 13.4. The van der Waals surface area contributed by atoms with E-state index in [1.807, 2.05) is 19.9 Å². The van der Waals surface area contributed by atoms with Crippen molar-refractivity contribution < 1.29 is 18.0 Å². The van der Waals surface area contributed by atoms with Gasteiger partial charge < -0.3 is 10.2 Å². The van der Waals surface area contributed by atoms with Crippen LogP contribution in [0.2, 0.25) is 5.02 Å². The standard InChI is InChI=1S/C23H30ClN3O4S/c1-6-25-23(29)18(4)26(14-19-9-7-8-10-21(19)24)22(28)15-27(32(5,30)31)20-12-11-16(2)17(3)13-20/h7-13,18H,6,14-15H2,1-5H3,(H,25,29). The first-order valence-corrected chi connectivity index (χ1v) is 12.5. The summed E-state index contributed by atoms with van der Waals surface area (Å²) in [6.45, 7) is 7.25. The topological polar surface area (TPSA) is 86.8 Å². The molecule has 1 N–H and O–H groups in total. The van der Waals surface area contributed by atoms with Crippen molar-refractivity contribution in [1.82, 2.24) is 10.2 Å². The zero-order valence-corrected chi connectivity index (χ0v) is 20.6. The van der Waals surface area contributed by atoms with Gasteiger partial charge >= 0.3 is 0 Å². The minimum atomic E-state index is -3.75. The van der Waals surface area contributed by atoms with Gasteiger partial charge in [-0.25, -0.2) is 8.42 Å². The molecule has 0 radical (unpaired) electrons. The van der Waals surface area contributed by atoms with Crippen LogP contribution in [-0.2, 0) is 26.2 Å².